The minimum Gasteiger partial charge on any atom is -0.472 e. The fourth-order valence-electron chi connectivity index (χ4n) is 16.4. The van der Waals surface area contributed by atoms with Gasteiger partial charge in [0, 0.05) is 96.9 Å². The molecule has 30 nitrogen and oxygen atoms in total. The molecule has 0 fully saturated rings. The van der Waals surface area contributed by atoms with Gasteiger partial charge in [-0.15, -0.1) is 0 Å². The van der Waals surface area contributed by atoms with Crippen molar-refractivity contribution in [2.75, 3.05) is 19.5 Å². The van der Waals surface area contributed by atoms with Crippen LogP contribution in [0.1, 0.15) is 169 Å². The molecule has 6 aromatic carbocycles. The highest BCUT2D eigenvalue weighted by atomic mass is 19.2. The second kappa shape index (κ2) is 47.1. The number of hydrogen-bond donors (Lipinski definition) is 4. The Morgan fingerprint density at radius 3 is 0.890 bits per heavy atom. The molecule has 145 heavy (non-hydrogen) atoms. The quantitative estimate of drug-likeness (QED) is 0.0143. The number of Topliss-reactive ketones (excluding diaryl/α,β-unsaturated/α-hetero) is 2. The summed E-state index contributed by atoms with van der Waals surface area (Å²) in [6.45, 7) is 16.9. The first kappa shape index (κ1) is 114. The Balaban J connectivity index is 0.000000196. The van der Waals surface area contributed by atoms with Gasteiger partial charge in [0.1, 0.15) is 117 Å². The van der Waals surface area contributed by atoms with Crippen LogP contribution in [-0.4, -0.2) is 202 Å². The highest BCUT2D eigenvalue weighted by Gasteiger charge is 2.57. The van der Waals surface area contributed by atoms with Crippen LogP contribution in [0.15, 0.2) is 170 Å². The van der Waals surface area contributed by atoms with E-state index in [2.05, 4.69) is 59.4 Å². The molecule has 0 bridgehead atoms. The summed E-state index contributed by atoms with van der Waals surface area (Å²) in [4.78, 5) is 84.0. The number of aromatic nitrogens is 4. The van der Waals surface area contributed by atoms with E-state index in [0.29, 0.717) is 16.8 Å². The van der Waals surface area contributed by atoms with E-state index in [1.165, 1.54) is 124 Å². The number of aliphatic imine (C=N–C) groups is 6. The van der Waals surface area contributed by atoms with Crippen molar-refractivity contribution in [3.05, 3.63) is 251 Å². The molecule has 6 aliphatic rings. The zero-order valence-electron chi connectivity index (χ0n) is 80.0. The second-order valence-electron chi connectivity index (χ2n) is 35.0. The summed E-state index contributed by atoms with van der Waals surface area (Å²) < 4.78 is 319. The number of halogens is 20. The van der Waals surface area contributed by atoms with E-state index in [1.54, 1.807) is 6.07 Å². The molecule has 6 aliphatic heterocycles. The zero-order chi connectivity index (χ0) is 108. The number of nitrogens with zero attached hydrogens (tertiary/aromatic N) is 12. The van der Waals surface area contributed by atoms with Crippen molar-refractivity contribution >= 4 is 64.4 Å². The molecule has 0 amide bonds. The number of carbonyl (C=O) groups is 2. The number of ether oxygens (including phenoxy) is 8. The average molecular weight is 2070 g/mol. The Labute approximate surface area is 816 Å². The summed E-state index contributed by atoms with van der Waals surface area (Å²) in [6.07, 6.45) is -26.3. The third-order valence-electron chi connectivity index (χ3n) is 24.0. The van der Waals surface area contributed by atoms with Crippen LogP contribution in [0.3, 0.4) is 0 Å². The molecule has 0 aliphatic carbocycles. The molecular weight excluding hydrogens is 1970 g/mol. The third-order valence-corrected chi connectivity index (χ3v) is 24.0. The van der Waals surface area contributed by atoms with Gasteiger partial charge in [-0.1, -0.05) is 30.3 Å². The number of benzene rings is 6. The fraction of sp³-hybridized carbons (Fsp3) is 0.453. The van der Waals surface area contributed by atoms with E-state index in [-0.39, 0.29) is 93.1 Å². The number of amidine groups is 3. The maximum Gasteiger partial charge on any atom is 0.283 e. The lowest BCUT2D eigenvalue weighted by Gasteiger charge is -2.39. The minimum atomic E-state index is -2.07. The largest absolute Gasteiger partial charge is 0.472 e. The SMILES string of the molecule is CC1=N[C@](C)(c2cc(CC(=O)c3cnc(OCF)cn3)ccc2F)[C@@H](F)[C@@H]([C@@H](C)F)O1.CC1=N[C@](C)(c2cc(N)ccc2F)[C@@H](F)[C@@H]([C@@H](C)F)O1.CC1=N[C@](C)(c2cc([N+](=O)[O-])ccc2F)[C@@H](F)[C@@H]([C@@H](C)F)O1.C[C@@H](F)[C@H]1OC(N)=N[C@](C)(c2cc(CC(=O)c3cnc(OCF)cn3)ccc2F)[C@H]1F.C[C@@H](F)[C@H]1OC(N)=N[C@](C)(c2cc([N+](=O)[O-])ccc2F)[C@H]1F.C[C@@H](F)[C@H]1OC(N)=N[C@](C)(c2ccccc2F)[C@H]1F. The monoisotopic (exact) mass is 2070 g/mol. The van der Waals surface area contributed by atoms with Gasteiger partial charge in [0.15, 0.2) is 103 Å². The molecule has 786 valence electrons. The third kappa shape index (κ3) is 26.0. The highest BCUT2D eigenvalue weighted by molar-refractivity contribution is 5.96. The lowest BCUT2D eigenvalue weighted by molar-refractivity contribution is -0.385. The van der Waals surface area contributed by atoms with Gasteiger partial charge in [-0.3, -0.25) is 29.8 Å². The lowest BCUT2D eigenvalue weighted by Crippen LogP contribution is -2.52. The van der Waals surface area contributed by atoms with Crippen molar-refractivity contribution < 1.29 is 145 Å². The standard InChI is InChI=1S/C21H21F4N3O3.C20H20F4N4O3.C14H15F3N2O3.C14H17F3N2O.C13H14F3N3O3.C13H15F3N2O/c1-11(23)19-20(25)21(3,28-12(2)31-19)14-6-13(4-5-15(14)24)7-17(29)16-8-27-18(9-26-16)30-10-22;1-10(22)17-18(24)20(2,28-19(25)31-17)12-5-11(3-4-13(12)23)6-15(29)14-7-27-16(8-26-14)30-9-21;1-7(15)12-13(17)14(3,18-8(2)22-12)10-6-9(19(20)21)4-5-11(10)16;1-7(15)12-13(17)14(3,19-8(2)20-12)10-6-9(18)4-5-11(10)16;1-6(14)10-11(16)13(2,18-12(17)22-10)8-5-7(19(20)21)3-4-9(8)15;1-7(14)10-11(16)13(2,18-12(17)19-10)8-5-3-4-6-9(8)15/h4-6,8-9,11,19-20H,7,10H2,1-3H3;3-5,7-8,10,17-18H,6,9H2,1-2H3,(H2,25,28);4-7,12-13H,1-3H3;4-7,12-13H,18H2,1-3H3;3-6,10-11H,1-2H3,(H2,17,18);3-7,10-11H,1-2H3,(H2,17,18)/t11-,19-,20+,21-;10-,17-,18+,20-;2*7-,12-,13+,14-;6-,10-,11+,13-;7-,10-,11+,13-/m111111/s1. The number of nitrogen functional groups attached to an aromatic ring is 1. The van der Waals surface area contributed by atoms with E-state index in [9.17, 15) is 109 Å². The van der Waals surface area contributed by atoms with E-state index in [0.717, 1.165) is 114 Å². The molecule has 0 saturated heterocycles. The van der Waals surface area contributed by atoms with Gasteiger partial charge in [0.05, 0.1) is 34.6 Å². The van der Waals surface area contributed by atoms with E-state index >= 15 is 8.78 Å². The van der Waals surface area contributed by atoms with Crippen LogP contribution in [0.25, 0.3) is 0 Å². The van der Waals surface area contributed by atoms with Crippen LogP contribution in [0.5, 0.6) is 11.8 Å². The Hall–Kier alpha value is -14.2. The molecule has 8 N–H and O–H groups in total. The van der Waals surface area contributed by atoms with Crippen LogP contribution in [-0.2, 0) is 74.5 Å². The maximum absolute atomic E-state index is 15.2. The van der Waals surface area contributed by atoms with Gasteiger partial charge >= 0.3 is 0 Å². The van der Waals surface area contributed by atoms with Crippen molar-refractivity contribution in [1.29, 1.82) is 0 Å². The molecule has 0 spiro atoms. The molecule has 50 heteroatoms. The summed E-state index contributed by atoms with van der Waals surface area (Å²) in [5.41, 5.74) is 10.8. The number of nitrogens with two attached hydrogens (primary N) is 4. The van der Waals surface area contributed by atoms with Crippen molar-refractivity contribution in [1.82, 2.24) is 19.9 Å². The van der Waals surface area contributed by atoms with Crippen molar-refractivity contribution in [2.45, 2.75) is 261 Å². The molecule has 14 rings (SSSR count). The molecule has 8 aromatic rings. The summed E-state index contributed by atoms with van der Waals surface area (Å²) >= 11 is 0. The van der Waals surface area contributed by atoms with Gasteiger partial charge in [-0.25, -0.2) is 138 Å². The molecule has 0 unspecified atom stereocenters. The van der Waals surface area contributed by atoms with E-state index in [4.69, 9.17) is 51.4 Å². The van der Waals surface area contributed by atoms with Crippen LogP contribution < -0.4 is 32.4 Å². The predicted octanol–water partition coefficient (Wildman–Crippen LogP) is 18.5. The number of non-ortho nitro benzene ring substituents is 2. The Bertz CT molecular complexity index is 5880. The van der Waals surface area contributed by atoms with Crippen LogP contribution >= 0.6 is 0 Å². The summed E-state index contributed by atoms with van der Waals surface area (Å²) in [5, 5.41) is 21.7. The number of nitro groups is 2. The van der Waals surface area contributed by atoms with Crippen LogP contribution in [0.2, 0.25) is 0 Å². The van der Waals surface area contributed by atoms with Gasteiger partial charge in [0.25, 0.3) is 29.4 Å². The Morgan fingerprint density at radius 1 is 0.359 bits per heavy atom. The predicted molar refractivity (Wildman–Crippen MR) is 490 cm³/mol. The normalized spacial score (nSPS) is 27.8. The van der Waals surface area contributed by atoms with Gasteiger partial charge in [-0.05, 0) is 155 Å². The number of nitro benzene ring substituents is 2. The molecule has 8 heterocycles. The van der Waals surface area contributed by atoms with Crippen LogP contribution in [0.4, 0.5) is 105 Å². The number of alkyl halides is 14. The maximum atomic E-state index is 15.2. The average Bonchev–Trinajstić information content (AvgIpc) is 0.770. The van der Waals surface area contributed by atoms with Crippen molar-refractivity contribution in [3.8, 4) is 11.8 Å². The fourth-order valence-corrected chi connectivity index (χ4v) is 16.4. The number of anilines is 1. The number of carbonyl (C=O) groups excluding carboxylic acids is 2. The van der Waals surface area contributed by atoms with Crippen LogP contribution in [0, 0.1) is 55.1 Å². The van der Waals surface area contributed by atoms with E-state index in [1.807, 2.05) is 0 Å². The molecule has 2 aromatic heterocycles. The summed E-state index contributed by atoms with van der Waals surface area (Å²) in [5.74, 6) is -5.44. The lowest BCUT2D eigenvalue weighted by atomic mass is 9.82. The summed E-state index contributed by atoms with van der Waals surface area (Å²) in [7, 11) is 0. The second-order valence-corrected chi connectivity index (χ2v) is 35.0. The Kier molecular flexibility index (Phi) is 37.2. The zero-order valence-corrected chi connectivity index (χ0v) is 80.0. The highest BCUT2D eigenvalue weighted by Crippen LogP contribution is 2.48. The molecule has 0 radical (unpaired) electrons. The molecule has 0 saturated carbocycles. The van der Waals surface area contributed by atoms with Crippen molar-refractivity contribution in [2.24, 2.45) is 47.2 Å². The number of ketones is 2. The smallest absolute Gasteiger partial charge is 0.283 e. The van der Waals surface area contributed by atoms with Gasteiger partial charge < -0.3 is 60.8 Å². The summed E-state index contributed by atoms with van der Waals surface area (Å²) in [6, 6.07) is 21.1. The first-order valence-corrected chi connectivity index (χ1v) is 44.0. The van der Waals surface area contributed by atoms with E-state index < -0.39 is 237 Å². The number of rotatable bonds is 24. The van der Waals surface area contributed by atoms with Gasteiger partial charge in [-0.2, -0.15) is 0 Å². The first-order chi connectivity index (χ1) is 67.7. The first-order valence-electron chi connectivity index (χ1n) is 44.0. The van der Waals surface area contributed by atoms with Crippen molar-refractivity contribution in [3.63, 3.8) is 0 Å². The van der Waals surface area contributed by atoms with Gasteiger partial charge in [0.2, 0.25) is 25.5 Å². The topological polar surface area (TPSA) is 424 Å². The Morgan fingerprint density at radius 2 is 0.614 bits per heavy atom. The molecular formula is C95H102F20N16O14. The minimum absolute atomic E-state index is 0.00157. The number of hydrogen-bond acceptors (Lipinski definition) is 28. The molecule has 24 atom stereocenters.